The molecule has 0 bridgehead atoms. The van der Waals surface area contributed by atoms with Gasteiger partial charge in [0.15, 0.2) is 0 Å². The van der Waals surface area contributed by atoms with Crippen LogP contribution < -0.4 is 0 Å². The van der Waals surface area contributed by atoms with Crippen LogP contribution in [0.5, 0.6) is 0 Å². The first-order valence-electron chi connectivity index (χ1n) is 4.75. The van der Waals surface area contributed by atoms with Gasteiger partial charge < -0.3 is 9.47 Å². The van der Waals surface area contributed by atoms with Gasteiger partial charge in [0.1, 0.15) is 6.10 Å². The molecule has 88 valence electrons. The largest absolute Gasteiger partial charge is 0.378 e. The van der Waals surface area contributed by atoms with Gasteiger partial charge in [0.05, 0.1) is 24.4 Å². The molecular weight excluding hydrogens is 268 g/mol. The number of ether oxygens (including phenoxy) is 2. The van der Waals surface area contributed by atoms with Crippen molar-refractivity contribution < 1.29 is 9.47 Å². The molecule has 15 heavy (non-hydrogen) atoms. The average Bonchev–Trinajstić information content (AvgIpc) is 2.76. The van der Waals surface area contributed by atoms with Crippen LogP contribution >= 0.6 is 48.8 Å². The first-order valence-corrected chi connectivity index (χ1v) is 7.90. The third kappa shape index (κ3) is 5.79. The molecule has 0 N–H and O–H groups in total. The van der Waals surface area contributed by atoms with Crippen molar-refractivity contribution in [3.05, 3.63) is 10.8 Å². The van der Waals surface area contributed by atoms with Gasteiger partial charge in [0.25, 0.3) is 0 Å². The summed E-state index contributed by atoms with van der Waals surface area (Å²) in [6.07, 6.45) is 0.141. The third-order valence-corrected chi connectivity index (χ3v) is 4.66. The number of hydrogen-bond acceptors (Lipinski definition) is 6. The normalized spacial score (nSPS) is 18.5. The van der Waals surface area contributed by atoms with Crippen LogP contribution in [0.25, 0.3) is 0 Å². The Morgan fingerprint density at radius 3 is 2.40 bits per heavy atom. The lowest BCUT2D eigenvalue weighted by Gasteiger charge is -2.22. The van der Waals surface area contributed by atoms with Crippen LogP contribution in [-0.2, 0) is 9.47 Å². The Hall–Kier alpha value is 1.06. The molecule has 2 nitrogen and oxygen atoms in total. The second-order valence-electron chi connectivity index (χ2n) is 2.84. The van der Waals surface area contributed by atoms with Crippen molar-refractivity contribution in [2.45, 2.75) is 10.7 Å². The van der Waals surface area contributed by atoms with Crippen molar-refractivity contribution in [2.75, 3.05) is 31.3 Å². The number of hydrogen-bond donors (Lipinski definition) is 2. The number of rotatable bonds is 8. The van der Waals surface area contributed by atoms with Gasteiger partial charge in [0.2, 0.25) is 0 Å². The van der Waals surface area contributed by atoms with Crippen molar-refractivity contribution in [2.24, 2.45) is 0 Å². The number of thiol groups is 2. The van der Waals surface area contributed by atoms with Gasteiger partial charge in [-0.3, -0.25) is 0 Å². The van der Waals surface area contributed by atoms with Crippen LogP contribution in [-0.4, -0.2) is 42.0 Å². The van der Waals surface area contributed by atoms with Crippen molar-refractivity contribution in [1.82, 2.24) is 0 Å². The maximum atomic E-state index is 5.71. The second kappa shape index (κ2) is 9.13. The molecule has 0 radical (unpaired) electrons. The summed E-state index contributed by atoms with van der Waals surface area (Å²) >= 11 is 11.8. The average molecular weight is 284 g/mol. The zero-order valence-electron chi connectivity index (χ0n) is 8.37. The Kier molecular flexibility index (Phi) is 8.59. The highest BCUT2D eigenvalue weighted by atomic mass is 32.2. The SMILES string of the molecule is SCCOCC(OCCS)C1SC=CS1. The van der Waals surface area contributed by atoms with Gasteiger partial charge in [-0.2, -0.15) is 25.3 Å². The first-order chi connectivity index (χ1) is 7.38. The van der Waals surface area contributed by atoms with Gasteiger partial charge in [-0.05, 0) is 10.8 Å². The summed E-state index contributed by atoms with van der Waals surface area (Å²) in [7, 11) is 0. The van der Waals surface area contributed by atoms with E-state index in [1.165, 1.54) is 0 Å². The molecule has 0 aromatic rings. The minimum Gasteiger partial charge on any atom is -0.378 e. The Labute approximate surface area is 111 Å². The zero-order valence-corrected chi connectivity index (χ0v) is 11.8. The maximum Gasteiger partial charge on any atom is 0.102 e. The standard InChI is InChI=1S/C9H16O2S4/c12-3-1-10-7-8(11-2-4-13)9-14-5-6-15-9/h5-6,8-9,12-13H,1-4,7H2. The molecule has 0 aromatic carbocycles. The van der Waals surface area contributed by atoms with Gasteiger partial charge in [-0.25, -0.2) is 0 Å². The predicted octanol–water partition coefficient (Wildman–Crippen LogP) is 2.53. The molecule has 1 heterocycles. The minimum atomic E-state index is 0.141. The molecule has 0 saturated heterocycles. The molecule has 1 unspecified atom stereocenters. The van der Waals surface area contributed by atoms with E-state index in [-0.39, 0.29) is 6.10 Å². The Morgan fingerprint density at radius 2 is 1.80 bits per heavy atom. The van der Waals surface area contributed by atoms with E-state index in [4.69, 9.17) is 9.47 Å². The number of thioether (sulfide) groups is 2. The zero-order chi connectivity index (χ0) is 10.9. The van der Waals surface area contributed by atoms with Crippen molar-refractivity contribution in [3.63, 3.8) is 0 Å². The monoisotopic (exact) mass is 284 g/mol. The van der Waals surface area contributed by atoms with E-state index in [1.54, 1.807) is 23.5 Å². The highest BCUT2D eigenvalue weighted by molar-refractivity contribution is 8.22. The lowest BCUT2D eigenvalue weighted by molar-refractivity contribution is 0.00296. The van der Waals surface area contributed by atoms with Crippen LogP contribution in [0.1, 0.15) is 0 Å². The van der Waals surface area contributed by atoms with Gasteiger partial charge in [-0.1, -0.05) is 0 Å². The minimum absolute atomic E-state index is 0.141. The van der Waals surface area contributed by atoms with Crippen molar-refractivity contribution in [1.29, 1.82) is 0 Å². The van der Waals surface area contributed by atoms with Gasteiger partial charge in [0, 0.05) is 11.5 Å². The Balaban J connectivity index is 2.24. The summed E-state index contributed by atoms with van der Waals surface area (Å²) in [5.74, 6) is 1.50. The van der Waals surface area contributed by atoms with Crippen LogP contribution in [0, 0.1) is 0 Å². The summed E-state index contributed by atoms with van der Waals surface area (Å²) in [6, 6.07) is 0. The summed E-state index contributed by atoms with van der Waals surface area (Å²) in [5.41, 5.74) is 0. The summed E-state index contributed by atoms with van der Waals surface area (Å²) in [6.45, 7) is 2.00. The van der Waals surface area contributed by atoms with Crippen LogP contribution in [0.15, 0.2) is 10.8 Å². The molecule has 1 rings (SSSR count). The molecule has 1 atom stereocenters. The smallest absolute Gasteiger partial charge is 0.102 e. The van der Waals surface area contributed by atoms with Gasteiger partial charge >= 0.3 is 0 Å². The summed E-state index contributed by atoms with van der Waals surface area (Å²) in [4.78, 5) is 0. The summed E-state index contributed by atoms with van der Waals surface area (Å²) < 4.78 is 11.6. The van der Waals surface area contributed by atoms with Crippen LogP contribution in [0.3, 0.4) is 0 Å². The second-order valence-corrected chi connectivity index (χ2v) is 6.14. The van der Waals surface area contributed by atoms with E-state index >= 15 is 0 Å². The van der Waals surface area contributed by atoms with Gasteiger partial charge in [-0.15, -0.1) is 23.5 Å². The lowest BCUT2D eigenvalue weighted by Crippen LogP contribution is -2.29. The first kappa shape index (κ1) is 14.1. The molecular formula is C9H16O2S4. The molecule has 0 spiro atoms. The van der Waals surface area contributed by atoms with Crippen LogP contribution in [0.2, 0.25) is 0 Å². The van der Waals surface area contributed by atoms with E-state index in [2.05, 4.69) is 36.1 Å². The van der Waals surface area contributed by atoms with E-state index in [0.717, 1.165) is 11.5 Å². The fraction of sp³-hybridized carbons (Fsp3) is 0.778. The predicted molar refractivity (Wildman–Crippen MR) is 76.4 cm³/mol. The molecule has 0 aliphatic carbocycles. The topological polar surface area (TPSA) is 18.5 Å². The van der Waals surface area contributed by atoms with E-state index < -0.39 is 0 Å². The quantitative estimate of drug-likeness (QED) is 0.527. The van der Waals surface area contributed by atoms with E-state index in [1.807, 2.05) is 0 Å². The Morgan fingerprint density at radius 1 is 1.13 bits per heavy atom. The Bertz CT molecular complexity index is 181. The van der Waals surface area contributed by atoms with Crippen molar-refractivity contribution >= 4 is 48.8 Å². The lowest BCUT2D eigenvalue weighted by atomic mass is 10.4. The van der Waals surface area contributed by atoms with E-state index in [9.17, 15) is 0 Å². The molecule has 1 aliphatic rings. The molecule has 1 aliphatic heterocycles. The molecule has 0 amide bonds. The summed E-state index contributed by atoms with van der Waals surface area (Å²) in [5, 5.41) is 4.20. The van der Waals surface area contributed by atoms with Crippen LogP contribution in [0.4, 0.5) is 0 Å². The highest BCUT2D eigenvalue weighted by Crippen LogP contribution is 2.36. The maximum absolute atomic E-state index is 5.71. The molecule has 0 aromatic heterocycles. The molecule has 0 fully saturated rings. The fourth-order valence-electron chi connectivity index (χ4n) is 1.10. The third-order valence-electron chi connectivity index (χ3n) is 1.73. The fourth-order valence-corrected chi connectivity index (χ4v) is 3.46. The van der Waals surface area contributed by atoms with Crippen molar-refractivity contribution in [3.8, 4) is 0 Å². The molecule has 6 heteroatoms. The van der Waals surface area contributed by atoms with E-state index in [0.29, 0.717) is 24.4 Å². The highest BCUT2D eigenvalue weighted by Gasteiger charge is 2.24. The molecule has 0 saturated carbocycles.